The Morgan fingerprint density at radius 2 is 1.71 bits per heavy atom. The van der Waals surface area contributed by atoms with E-state index in [0.29, 0.717) is 6.04 Å². The number of anilines is 2. The van der Waals surface area contributed by atoms with Crippen LogP contribution in [0, 0.1) is 0 Å². The fraction of sp³-hybridized carbons (Fsp3) is 0.692. The van der Waals surface area contributed by atoms with Gasteiger partial charge in [0.15, 0.2) is 0 Å². The van der Waals surface area contributed by atoms with Crippen LogP contribution < -0.4 is 10.6 Å². The van der Waals surface area contributed by atoms with Gasteiger partial charge in [0.25, 0.3) is 0 Å². The number of hydrogen-bond acceptors (Lipinski definition) is 4. The molecule has 0 bridgehead atoms. The summed E-state index contributed by atoms with van der Waals surface area (Å²) in [5, 5.41) is 6.79. The van der Waals surface area contributed by atoms with E-state index in [-0.39, 0.29) is 0 Å². The van der Waals surface area contributed by atoms with E-state index in [0.717, 1.165) is 37.4 Å². The second kappa shape index (κ2) is 7.09. The molecule has 0 atom stereocenters. The molecule has 1 aromatic rings. The van der Waals surface area contributed by atoms with Crippen molar-refractivity contribution in [2.75, 3.05) is 17.2 Å². The summed E-state index contributed by atoms with van der Waals surface area (Å²) >= 11 is 0. The van der Waals surface area contributed by atoms with E-state index < -0.39 is 0 Å². The minimum Gasteiger partial charge on any atom is -0.370 e. The van der Waals surface area contributed by atoms with Gasteiger partial charge in [0, 0.05) is 18.2 Å². The molecule has 0 spiro atoms. The molecule has 0 saturated carbocycles. The zero-order valence-corrected chi connectivity index (χ0v) is 11.4. The first kappa shape index (κ1) is 13.7. The molecule has 1 rings (SSSR count). The molecule has 0 aliphatic carbocycles. The van der Waals surface area contributed by atoms with Crippen LogP contribution >= 0.6 is 0 Å². The standard InChI is InChI=1S/C13H24N4/c1-5-10(6-2)17-13-11(7-3)12(14-8-4)15-9-16-13/h9-10H,5-8H2,1-4H3,(H2,14,15,16,17). The van der Waals surface area contributed by atoms with Gasteiger partial charge in [-0.3, -0.25) is 0 Å². The van der Waals surface area contributed by atoms with Crippen LogP contribution in [0.1, 0.15) is 46.1 Å². The number of nitrogens with zero attached hydrogens (tertiary/aromatic N) is 2. The van der Waals surface area contributed by atoms with Gasteiger partial charge in [-0.15, -0.1) is 0 Å². The van der Waals surface area contributed by atoms with Gasteiger partial charge in [0.1, 0.15) is 18.0 Å². The predicted octanol–water partition coefficient (Wildman–Crippen LogP) is 3.07. The molecule has 4 heteroatoms. The van der Waals surface area contributed by atoms with Gasteiger partial charge in [0.2, 0.25) is 0 Å². The molecular weight excluding hydrogens is 212 g/mol. The second-order valence-corrected chi connectivity index (χ2v) is 4.09. The fourth-order valence-electron chi connectivity index (χ4n) is 1.88. The van der Waals surface area contributed by atoms with Crippen molar-refractivity contribution in [1.82, 2.24) is 9.97 Å². The molecule has 0 aliphatic heterocycles. The molecule has 96 valence electrons. The van der Waals surface area contributed by atoms with Crippen molar-refractivity contribution in [2.24, 2.45) is 0 Å². The van der Waals surface area contributed by atoms with Crippen molar-refractivity contribution in [1.29, 1.82) is 0 Å². The monoisotopic (exact) mass is 236 g/mol. The van der Waals surface area contributed by atoms with Crippen molar-refractivity contribution in [2.45, 2.75) is 53.0 Å². The maximum Gasteiger partial charge on any atom is 0.134 e. The van der Waals surface area contributed by atoms with Gasteiger partial charge < -0.3 is 10.6 Å². The molecule has 4 nitrogen and oxygen atoms in total. The summed E-state index contributed by atoms with van der Waals surface area (Å²) in [4.78, 5) is 8.66. The first-order valence-corrected chi connectivity index (χ1v) is 6.60. The molecule has 1 aromatic heterocycles. The normalized spacial score (nSPS) is 10.6. The average Bonchev–Trinajstić information content (AvgIpc) is 2.36. The van der Waals surface area contributed by atoms with Crippen molar-refractivity contribution >= 4 is 11.6 Å². The summed E-state index contributed by atoms with van der Waals surface area (Å²) in [7, 11) is 0. The Morgan fingerprint density at radius 3 is 2.24 bits per heavy atom. The highest BCUT2D eigenvalue weighted by molar-refractivity contribution is 5.57. The summed E-state index contributed by atoms with van der Waals surface area (Å²) in [6, 6.07) is 0.490. The lowest BCUT2D eigenvalue weighted by atomic mass is 10.1. The third kappa shape index (κ3) is 3.58. The van der Waals surface area contributed by atoms with Crippen LogP contribution in [-0.4, -0.2) is 22.6 Å². The number of rotatable bonds is 7. The quantitative estimate of drug-likeness (QED) is 0.764. The van der Waals surface area contributed by atoms with Gasteiger partial charge >= 0.3 is 0 Å². The fourth-order valence-corrected chi connectivity index (χ4v) is 1.88. The lowest BCUT2D eigenvalue weighted by Gasteiger charge is -2.19. The Bertz CT molecular complexity index is 334. The molecule has 0 radical (unpaired) electrons. The summed E-state index contributed by atoms with van der Waals surface area (Å²) in [5.74, 6) is 1.94. The summed E-state index contributed by atoms with van der Waals surface area (Å²) in [5.41, 5.74) is 1.18. The summed E-state index contributed by atoms with van der Waals surface area (Å²) in [6.07, 6.45) is 4.79. The summed E-state index contributed by atoms with van der Waals surface area (Å²) in [6.45, 7) is 9.49. The van der Waals surface area contributed by atoms with E-state index in [4.69, 9.17) is 0 Å². The second-order valence-electron chi connectivity index (χ2n) is 4.09. The van der Waals surface area contributed by atoms with Crippen LogP contribution in [0.4, 0.5) is 11.6 Å². The zero-order chi connectivity index (χ0) is 12.7. The Kier molecular flexibility index (Phi) is 5.73. The summed E-state index contributed by atoms with van der Waals surface area (Å²) < 4.78 is 0. The smallest absolute Gasteiger partial charge is 0.134 e. The van der Waals surface area contributed by atoms with Crippen molar-refractivity contribution in [3.8, 4) is 0 Å². The molecule has 0 aromatic carbocycles. The van der Waals surface area contributed by atoms with Gasteiger partial charge in [-0.1, -0.05) is 20.8 Å². The lowest BCUT2D eigenvalue weighted by molar-refractivity contribution is 0.666. The Balaban J connectivity index is 2.93. The first-order valence-electron chi connectivity index (χ1n) is 6.60. The lowest BCUT2D eigenvalue weighted by Crippen LogP contribution is -2.20. The molecule has 0 saturated heterocycles. The molecule has 0 aliphatic rings. The Labute approximate surface area is 104 Å². The van der Waals surface area contributed by atoms with E-state index >= 15 is 0 Å². The largest absolute Gasteiger partial charge is 0.370 e. The van der Waals surface area contributed by atoms with E-state index in [9.17, 15) is 0 Å². The Hall–Kier alpha value is -1.32. The first-order chi connectivity index (χ1) is 8.26. The molecule has 0 amide bonds. The minimum atomic E-state index is 0.490. The van der Waals surface area contributed by atoms with Crippen molar-refractivity contribution in [3.63, 3.8) is 0 Å². The van der Waals surface area contributed by atoms with Crippen LogP contribution in [0.5, 0.6) is 0 Å². The number of nitrogens with one attached hydrogen (secondary N) is 2. The highest BCUT2D eigenvalue weighted by atomic mass is 15.1. The van der Waals surface area contributed by atoms with Crippen LogP contribution in [-0.2, 0) is 6.42 Å². The maximum atomic E-state index is 4.37. The molecule has 1 heterocycles. The van der Waals surface area contributed by atoms with E-state index in [1.807, 2.05) is 0 Å². The molecule has 17 heavy (non-hydrogen) atoms. The molecular formula is C13H24N4. The topological polar surface area (TPSA) is 49.8 Å². The van der Waals surface area contributed by atoms with E-state index in [2.05, 4.69) is 48.3 Å². The highest BCUT2D eigenvalue weighted by Crippen LogP contribution is 2.21. The van der Waals surface area contributed by atoms with Crippen LogP contribution in [0.2, 0.25) is 0 Å². The SMILES string of the molecule is CCNc1ncnc(NC(CC)CC)c1CC. The number of aromatic nitrogens is 2. The zero-order valence-electron chi connectivity index (χ0n) is 11.4. The van der Waals surface area contributed by atoms with E-state index in [1.54, 1.807) is 6.33 Å². The van der Waals surface area contributed by atoms with Gasteiger partial charge in [-0.2, -0.15) is 0 Å². The molecule has 0 fully saturated rings. The average molecular weight is 236 g/mol. The third-order valence-corrected chi connectivity index (χ3v) is 2.97. The van der Waals surface area contributed by atoms with Crippen LogP contribution in [0.25, 0.3) is 0 Å². The van der Waals surface area contributed by atoms with Gasteiger partial charge in [0.05, 0.1) is 0 Å². The van der Waals surface area contributed by atoms with Crippen LogP contribution in [0.3, 0.4) is 0 Å². The minimum absolute atomic E-state index is 0.490. The molecule has 2 N–H and O–H groups in total. The third-order valence-electron chi connectivity index (χ3n) is 2.97. The number of hydrogen-bond donors (Lipinski definition) is 2. The molecule has 0 unspecified atom stereocenters. The van der Waals surface area contributed by atoms with Crippen molar-refractivity contribution in [3.05, 3.63) is 11.9 Å². The predicted molar refractivity (Wildman–Crippen MR) is 73.6 cm³/mol. The van der Waals surface area contributed by atoms with Gasteiger partial charge in [-0.25, -0.2) is 9.97 Å². The van der Waals surface area contributed by atoms with Crippen LogP contribution in [0.15, 0.2) is 6.33 Å². The maximum absolute atomic E-state index is 4.37. The van der Waals surface area contributed by atoms with E-state index in [1.165, 1.54) is 5.56 Å². The van der Waals surface area contributed by atoms with Gasteiger partial charge in [-0.05, 0) is 26.2 Å². The highest BCUT2D eigenvalue weighted by Gasteiger charge is 2.11. The Morgan fingerprint density at radius 1 is 1.06 bits per heavy atom. The van der Waals surface area contributed by atoms with Crippen molar-refractivity contribution < 1.29 is 0 Å².